The van der Waals surface area contributed by atoms with E-state index in [1.165, 1.54) is 15.9 Å². The number of hydrogen-bond acceptors (Lipinski definition) is 4. The molecule has 0 atom stereocenters. The molecule has 39 heavy (non-hydrogen) atoms. The van der Waals surface area contributed by atoms with E-state index in [1.807, 2.05) is 42.3 Å². The molecule has 200 valence electrons. The summed E-state index contributed by atoms with van der Waals surface area (Å²) in [7, 11) is 0. The zero-order valence-electron chi connectivity index (χ0n) is 21.5. The Morgan fingerprint density at radius 3 is 2.28 bits per heavy atom. The maximum atomic E-state index is 14.3. The van der Waals surface area contributed by atoms with Crippen LogP contribution in [-0.2, 0) is 0 Å². The molecular formula is C30H26Cl3N3O2S. The van der Waals surface area contributed by atoms with E-state index in [9.17, 15) is 9.59 Å². The normalized spacial score (nSPS) is 13.4. The molecule has 9 heteroatoms. The van der Waals surface area contributed by atoms with Crippen LogP contribution in [0.15, 0.2) is 64.3 Å². The van der Waals surface area contributed by atoms with Gasteiger partial charge in [-0.05, 0) is 69.5 Å². The van der Waals surface area contributed by atoms with Crippen molar-refractivity contribution in [3.05, 3.63) is 96.2 Å². The van der Waals surface area contributed by atoms with Crippen LogP contribution in [0.1, 0.15) is 49.2 Å². The number of thiazole rings is 1. The summed E-state index contributed by atoms with van der Waals surface area (Å²) in [6, 6.07) is 14.1. The highest BCUT2D eigenvalue weighted by Gasteiger charge is 2.27. The van der Waals surface area contributed by atoms with Crippen LogP contribution in [0.5, 0.6) is 0 Å². The number of rotatable bonds is 5. The molecule has 0 N–H and O–H groups in total. The van der Waals surface area contributed by atoms with Crippen molar-refractivity contribution in [3.8, 4) is 27.5 Å². The summed E-state index contributed by atoms with van der Waals surface area (Å²) in [4.78, 5) is 34.9. The lowest BCUT2D eigenvalue weighted by atomic mass is 10.0. The molecule has 2 aromatic heterocycles. The van der Waals surface area contributed by atoms with Crippen molar-refractivity contribution in [2.45, 2.75) is 33.1 Å². The molecule has 0 saturated carbocycles. The monoisotopic (exact) mass is 597 g/mol. The number of carbonyl (C=O) groups excluding carboxylic acids is 1. The number of piperidine rings is 1. The zero-order chi connectivity index (χ0) is 27.7. The van der Waals surface area contributed by atoms with Gasteiger partial charge in [-0.2, -0.15) is 0 Å². The van der Waals surface area contributed by atoms with Gasteiger partial charge in [-0.15, -0.1) is 11.3 Å². The molecule has 1 aliphatic heterocycles. The van der Waals surface area contributed by atoms with Gasteiger partial charge in [-0.25, -0.2) is 4.98 Å². The van der Waals surface area contributed by atoms with Crippen LogP contribution < -0.4 is 5.56 Å². The fraction of sp³-hybridized carbons (Fsp3) is 0.233. The van der Waals surface area contributed by atoms with E-state index in [2.05, 4.69) is 0 Å². The zero-order valence-corrected chi connectivity index (χ0v) is 24.6. The number of para-hydroxylation sites is 1. The third-order valence-electron chi connectivity index (χ3n) is 6.57. The van der Waals surface area contributed by atoms with Crippen molar-refractivity contribution in [2.24, 2.45) is 0 Å². The number of nitrogens with zero attached hydrogens (tertiary/aromatic N) is 3. The Hall–Kier alpha value is -2.90. The van der Waals surface area contributed by atoms with Gasteiger partial charge in [0.15, 0.2) is 0 Å². The topological polar surface area (TPSA) is 55.2 Å². The van der Waals surface area contributed by atoms with Crippen LogP contribution in [0.4, 0.5) is 0 Å². The van der Waals surface area contributed by atoms with Crippen LogP contribution in [0.25, 0.3) is 33.6 Å². The molecule has 0 radical (unpaired) electrons. The smallest absolute Gasteiger partial charge is 0.266 e. The van der Waals surface area contributed by atoms with Crippen LogP contribution in [0.3, 0.4) is 0 Å². The largest absolute Gasteiger partial charge is 0.339 e. The van der Waals surface area contributed by atoms with E-state index < -0.39 is 0 Å². The van der Waals surface area contributed by atoms with Crippen molar-refractivity contribution < 1.29 is 4.79 Å². The molecule has 0 bridgehead atoms. The Morgan fingerprint density at radius 2 is 1.64 bits per heavy atom. The first-order valence-corrected chi connectivity index (χ1v) is 14.7. The number of allylic oxidation sites excluding steroid dienone is 1. The average molecular weight is 599 g/mol. The average Bonchev–Trinajstić information content (AvgIpc) is 3.40. The lowest BCUT2D eigenvalue weighted by Gasteiger charge is -2.28. The second-order valence-corrected chi connectivity index (χ2v) is 11.8. The molecule has 0 unspecified atom stereocenters. The fourth-order valence-electron chi connectivity index (χ4n) is 4.71. The molecule has 1 fully saturated rings. The minimum Gasteiger partial charge on any atom is -0.339 e. The van der Waals surface area contributed by atoms with Gasteiger partial charge < -0.3 is 4.90 Å². The third-order valence-corrected chi connectivity index (χ3v) is 8.31. The summed E-state index contributed by atoms with van der Waals surface area (Å²) in [6.07, 6.45) is 4.83. The van der Waals surface area contributed by atoms with Gasteiger partial charge in [0.05, 0.1) is 38.2 Å². The summed E-state index contributed by atoms with van der Waals surface area (Å²) in [5.41, 5.74) is 3.66. The Labute approximate surface area is 246 Å². The van der Waals surface area contributed by atoms with Crippen LogP contribution in [0.2, 0.25) is 15.1 Å². The van der Waals surface area contributed by atoms with Gasteiger partial charge in [-0.1, -0.05) is 58.6 Å². The van der Waals surface area contributed by atoms with Crippen molar-refractivity contribution in [3.63, 3.8) is 0 Å². The van der Waals surface area contributed by atoms with Crippen molar-refractivity contribution in [2.75, 3.05) is 13.1 Å². The number of halogens is 3. The lowest BCUT2D eigenvalue weighted by molar-refractivity contribution is 0.0723. The van der Waals surface area contributed by atoms with Crippen LogP contribution in [0, 0.1) is 0 Å². The van der Waals surface area contributed by atoms with Gasteiger partial charge in [0.2, 0.25) is 0 Å². The first-order chi connectivity index (χ1) is 18.7. The summed E-state index contributed by atoms with van der Waals surface area (Å²) in [6.45, 7) is 5.19. The van der Waals surface area contributed by atoms with Gasteiger partial charge in [-0.3, -0.25) is 14.2 Å². The Bertz CT molecular complexity index is 1610. The van der Waals surface area contributed by atoms with E-state index in [0.717, 1.165) is 30.4 Å². The molecule has 0 aliphatic carbocycles. The molecular weight excluding hydrogens is 573 g/mol. The number of likely N-dealkylation sites (tertiary alicyclic amines) is 1. The van der Waals surface area contributed by atoms with Crippen molar-refractivity contribution in [1.29, 1.82) is 0 Å². The fourth-order valence-corrected chi connectivity index (χ4v) is 6.24. The van der Waals surface area contributed by atoms with E-state index in [1.54, 1.807) is 36.4 Å². The number of aromatic nitrogens is 2. The molecule has 3 heterocycles. The lowest BCUT2D eigenvalue weighted by Crippen LogP contribution is -2.37. The molecule has 0 spiro atoms. The van der Waals surface area contributed by atoms with Crippen molar-refractivity contribution in [1.82, 2.24) is 14.5 Å². The highest BCUT2D eigenvalue weighted by Crippen LogP contribution is 2.34. The van der Waals surface area contributed by atoms with Gasteiger partial charge in [0.25, 0.3) is 11.5 Å². The first-order valence-electron chi connectivity index (χ1n) is 12.6. The predicted octanol–water partition coefficient (Wildman–Crippen LogP) is 8.64. The third kappa shape index (κ3) is 5.71. The second kappa shape index (κ2) is 11.7. The molecule has 5 rings (SSSR count). The maximum absolute atomic E-state index is 14.3. The molecule has 1 amide bonds. The molecule has 1 aliphatic rings. The van der Waals surface area contributed by atoms with Crippen LogP contribution in [-0.4, -0.2) is 33.4 Å². The molecule has 4 aromatic rings. The Balaban J connectivity index is 1.79. The molecule has 1 saturated heterocycles. The molecule has 5 nitrogen and oxygen atoms in total. The Kier molecular flexibility index (Phi) is 8.29. The minimum absolute atomic E-state index is 0.130. The highest BCUT2D eigenvalue weighted by atomic mass is 35.5. The summed E-state index contributed by atoms with van der Waals surface area (Å²) in [5, 5.41) is 3.63. The minimum atomic E-state index is -0.357. The quantitative estimate of drug-likeness (QED) is 0.231. The van der Waals surface area contributed by atoms with Gasteiger partial charge in [0.1, 0.15) is 5.01 Å². The highest BCUT2D eigenvalue weighted by molar-refractivity contribution is 7.13. The number of carbonyl (C=O) groups is 1. The van der Waals surface area contributed by atoms with Crippen LogP contribution >= 0.6 is 46.1 Å². The number of amides is 1. The first kappa shape index (κ1) is 27.7. The van der Waals surface area contributed by atoms with Gasteiger partial charge in [0, 0.05) is 29.1 Å². The SMILES string of the molecule is CC(C)=Cc1c(C(=O)N2CCCCC2)cc(-c2nc(-c3ccc(Cl)cc3)cs2)c(=O)n1-c1c(Cl)cccc1Cl. The summed E-state index contributed by atoms with van der Waals surface area (Å²) >= 11 is 20.7. The standard InChI is InChI=1S/C30H26Cl3N3O2S/c1-18(2)15-26-21(29(37)35-13-4-3-5-14-35)16-22(30(38)36(26)27-23(32)7-6-8-24(27)33)28-34-25(17-39-28)19-9-11-20(31)12-10-19/h6-12,15-17H,3-5,13-14H2,1-2H3. The van der Waals surface area contributed by atoms with E-state index >= 15 is 0 Å². The number of benzene rings is 2. The molecule has 2 aromatic carbocycles. The van der Waals surface area contributed by atoms with E-state index in [-0.39, 0.29) is 11.5 Å². The maximum Gasteiger partial charge on any atom is 0.266 e. The predicted molar refractivity (Wildman–Crippen MR) is 163 cm³/mol. The van der Waals surface area contributed by atoms with Gasteiger partial charge >= 0.3 is 0 Å². The summed E-state index contributed by atoms with van der Waals surface area (Å²) in [5.74, 6) is -0.130. The number of hydrogen-bond donors (Lipinski definition) is 0. The van der Waals surface area contributed by atoms with E-state index in [4.69, 9.17) is 39.8 Å². The second-order valence-electron chi connectivity index (χ2n) is 9.69. The Morgan fingerprint density at radius 1 is 0.974 bits per heavy atom. The number of pyridine rings is 1. The van der Waals surface area contributed by atoms with Crippen molar-refractivity contribution >= 4 is 58.1 Å². The summed E-state index contributed by atoms with van der Waals surface area (Å²) < 4.78 is 1.47. The van der Waals surface area contributed by atoms with E-state index in [0.29, 0.717) is 61.4 Å².